The highest BCUT2D eigenvalue weighted by atomic mass is 79.9. The lowest BCUT2D eigenvalue weighted by Gasteiger charge is -2.32. The van der Waals surface area contributed by atoms with Crippen LogP contribution in [0.5, 0.6) is 5.75 Å². The molecule has 0 spiro atoms. The smallest absolute Gasteiger partial charge is 0.125 e. The molecule has 0 radical (unpaired) electrons. The highest BCUT2D eigenvalue weighted by Crippen LogP contribution is 2.37. The van der Waals surface area contributed by atoms with Crippen molar-refractivity contribution >= 4 is 15.9 Å². The Kier molecular flexibility index (Phi) is 4.46. The fourth-order valence-corrected chi connectivity index (χ4v) is 2.62. The maximum absolute atomic E-state index is 6.00. The molecule has 3 heteroatoms. The fraction of sp³-hybridized carbons (Fsp3) is 0.571. The molecule has 94 valence electrons. The molecule has 0 fully saturated rings. The Bertz CT molecular complexity index is 380. The van der Waals surface area contributed by atoms with Crippen LogP contribution in [0.4, 0.5) is 0 Å². The number of fused-ring (bicyclic) bond motifs is 1. The Morgan fingerprint density at radius 2 is 2.24 bits per heavy atom. The number of halogens is 1. The Morgan fingerprint density at radius 3 is 2.94 bits per heavy atom. The molecule has 2 unspecified atom stereocenters. The van der Waals surface area contributed by atoms with Crippen LogP contribution in [0.25, 0.3) is 0 Å². The van der Waals surface area contributed by atoms with Crippen LogP contribution in [-0.2, 0) is 0 Å². The minimum Gasteiger partial charge on any atom is -0.490 e. The van der Waals surface area contributed by atoms with Crippen LogP contribution >= 0.6 is 15.9 Å². The minimum atomic E-state index is 0.339. The molecule has 1 aromatic rings. The molecule has 1 N–H and O–H groups in total. The number of rotatable bonds is 4. The maximum Gasteiger partial charge on any atom is 0.125 e. The quantitative estimate of drug-likeness (QED) is 0.905. The van der Waals surface area contributed by atoms with Crippen molar-refractivity contribution < 1.29 is 4.74 Å². The lowest BCUT2D eigenvalue weighted by molar-refractivity contribution is 0.146. The van der Waals surface area contributed by atoms with Crippen molar-refractivity contribution in [1.29, 1.82) is 0 Å². The van der Waals surface area contributed by atoms with Gasteiger partial charge in [-0.15, -0.1) is 0 Å². The number of hydrogen-bond donors (Lipinski definition) is 1. The second-order valence-electron chi connectivity index (χ2n) is 4.57. The zero-order valence-corrected chi connectivity index (χ0v) is 12.1. The van der Waals surface area contributed by atoms with Crippen LogP contribution in [0.2, 0.25) is 0 Å². The standard InChI is InChI=1S/C14H20BrNO/c1-3-7-16-13-9-11(4-2)17-14-8-10(15)5-6-12(13)14/h5-6,8,11,13,16H,3-4,7,9H2,1-2H3. The van der Waals surface area contributed by atoms with E-state index in [9.17, 15) is 0 Å². The summed E-state index contributed by atoms with van der Waals surface area (Å²) in [6, 6.07) is 6.78. The Morgan fingerprint density at radius 1 is 1.41 bits per heavy atom. The molecule has 17 heavy (non-hydrogen) atoms. The van der Waals surface area contributed by atoms with Gasteiger partial charge in [0.2, 0.25) is 0 Å². The summed E-state index contributed by atoms with van der Waals surface area (Å²) in [5.74, 6) is 1.03. The zero-order chi connectivity index (χ0) is 12.3. The van der Waals surface area contributed by atoms with E-state index in [0.29, 0.717) is 12.1 Å². The summed E-state index contributed by atoms with van der Waals surface area (Å²) in [4.78, 5) is 0. The van der Waals surface area contributed by atoms with Gasteiger partial charge >= 0.3 is 0 Å². The second kappa shape index (κ2) is 5.87. The van der Waals surface area contributed by atoms with E-state index in [1.54, 1.807) is 0 Å². The summed E-state index contributed by atoms with van der Waals surface area (Å²) in [6.07, 6.45) is 3.65. The highest BCUT2D eigenvalue weighted by Gasteiger charge is 2.26. The van der Waals surface area contributed by atoms with Crippen LogP contribution in [0.15, 0.2) is 22.7 Å². The summed E-state index contributed by atoms with van der Waals surface area (Å²) in [6.45, 7) is 5.45. The van der Waals surface area contributed by atoms with Crippen LogP contribution in [0.1, 0.15) is 44.7 Å². The van der Waals surface area contributed by atoms with Gasteiger partial charge in [-0.2, -0.15) is 0 Å². The molecule has 0 aromatic heterocycles. The van der Waals surface area contributed by atoms with Gasteiger partial charge in [-0.1, -0.05) is 35.8 Å². The van der Waals surface area contributed by atoms with Crippen molar-refractivity contribution in [3.05, 3.63) is 28.2 Å². The molecule has 2 atom stereocenters. The van der Waals surface area contributed by atoms with Gasteiger partial charge in [0, 0.05) is 22.5 Å². The molecule has 0 amide bonds. The molecule has 0 saturated carbocycles. The van der Waals surface area contributed by atoms with Crippen LogP contribution in [0, 0.1) is 0 Å². The number of nitrogens with one attached hydrogen (secondary N) is 1. The van der Waals surface area contributed by atoms with Crippen LogP contribution < -0.4 is 10.1 Å². The van der Waals surface area contributed by atoms with Gasteiger partial charge in [-0.25, -0.2) is 0 Å². The predicted octanol–water partition coefficient (Wildman–Crippen LogP) is 4.05. The Balaban J connectivity index is 2.23. The normalized spacial score (nSPS) is 23.0. The van der Waals surface area contributed by atoms with Gasteiger partial charge in [0.15, 0.2) is 0 Å². The van der Waals surface area contributed by atoms with Gasteiger partial charge < -0.3 is 10.1 Å². The van der Waals surface area contributed by atoms with Gasteiger partial charge in [0.05, 0.1) is 0 Å². The summed E-state index contributed by atoms with van der Waals surface area (Å²) < 4.78 is 7.09. The van der Waals surface area contributed by atoms with Crippen molar-refractivity contribution in [2.75, 3.05) is 6.54 Å². The molecule has 1 aliphatic heterocycles. The first-order valence-corrected chi connectivity index (χ1v) is 7.23. The third-order valence-electron chi connectivity index (χ3n) is 3.24. The van der Waals surface area contributed by atoms with E-state index < -0.39 is 0 Å². The summed E-state index contributed by atoms with van der Waals surface area (Å²) in [5.41, 5.74) is 1.30. The van der Waals surface area contributed by atoms with Gasteiger partial charge in [0.1, 0.15) is 11.9 Å². The molecule has 2 rings (SSSR count). The lowest BCUT2D eigenvalue weighted by atomic mass is 9.95. The maximum atomic E-state index is 6.00. The van der Waals surface area contributed by atoms with Crippen molar-refractivity contribution in [1.82, 2.24) is 5.32 Å². The monoisotopic (exact) mass is 297 g/mol. The Hall–Kier alpha value is -0.540. The first kappa shape index (κ1) is 12.9. The fourth-order valence-electron chi connectivity index (χ4n) is 2.28. The summed E-state index contributed by atoms with van der Waals surface area (Å²) in [5, 5.41) is 3.62. The first-order valence-electron chi connectivity index (χ1n) is 6.44. The third kappa shape index (κ3) is 3.02. The number of ether oxygens (including phenoxy) is 1. The zero-order valence-electron chi connectivity index (χ0n) is 10.5. The topological polar surface area (TPSA) is 21.3 Å². The lowest BCUT2D eigenvalue weighted by Crippen LogP contribution is -2.33. The average molecular weight is 298 g/mol. The average Bonchev–Trinajstić information content (AvgIpc) is 2.34. The highest BCUT2D eigenvalue weighted by molar-refractivity contribution is 9.10. The van der Waals surface area contributed by atoms with E-state index >= 15 is 0 Å². The molecule has 2 nitrogen and oxygen atoms in total. The van der Waals surface area contributed by atoms with E-state index in [1.165, 1.54) is 12.0 Å². The molecular weight excluding hydrogens is 278 g/mol. The Labute approximate surface area is 112 Å². The van der Waals surface area contributed by atoms with Crippen LogP contribution in [0.3, 0.4) is 0 Å². The van der Waals surface area contributed by atoms with E-state index in [-0.39, 0.29) is 0 Å². The first-order chi connectivity index (χ1) is 8.24. The third-order valence-corrected chi connectivity index (χ3v) is 3.73. The van der Waals surface area contributed by atoms with E-state index in [4.69, 9.17) is 4.74 Å². The van der Waals surface area contributed by atoms with E-state index in [1.807, 2.05) is 0 Å². The predicted molar refractivity (Wildman–Crippen MR) is 74.5 cm³/mol. The van der Waals surface area contributed by atoms with Crippen molar-refractivity contribution in [3.8, 4) is 5.75 Å². The number of benzene rings is 1. The van der Waals surface area contributed by atoms with Crippen molar-refractivity contribution in [3.63, 3.8) is 0 Å². The van der Waals surface area contributed by atoms with Crippen molar-refractivity contribution in [2.24, 2.45) is 0 Å². The number of hydrogen-bond acceptors (Lipinski definition) is 2. The second-order valence-corrected chi connectivity index (χ2v) is 5.49. The SMILES string of the molecule is CCCNC1CC(CC)Oc2cc(Br)ccc21. The molecule has 0 saturated heterocycles. The molecule has 0 aliphatic carbocycles. The largest absolute Gasteiger partial charge is 0.490 e. The van der Waals surface area contributed by atoms with Crippen LogP contribution in [-0.4, -0.2) is 12.6 Å². The molecule has 0 bridgehead atoms. The molecule has 1 aliphatic rings. The minimum absolute atomic E-state index is 0.339. The molecular formula is C14H20BrNO. The van der Waals surface area contributed by atoms with Crippen molar-refractivity contribution in [2.45, 2.75) is 45.3 Å². The van der Waals surface area contributed by atoms with Gasteiger partial charge in [-0.3, -0.25) is 0 Å². The van der Waals surface area contributed by atoms with Gasteiger partial charge in [0.25, 0.3) is 0 Å². The van der Waals surface area contributed by atoms with Gasteiger partial charge in [-0.05, 0) is 31.5 Å². The molecule has 1 heterocycles. The summed E-state index contributed by atoms with van der Waals surface area (Å²) in [7, 11) is 0. The van der Waals surface area contributed by atoms with E-state index in [0.717, 1.165) is 29.6 Å². The van der Waals surface area contributed by atoms with E-state index in [2.05, 4.69) is 53.3 Å². The molecule has 1 aromatic carbocycles. The summed E-state index contributed by atoms with van der Waals surface area (Å²) >= 11 is 3.50.